The lowest BCUT2D eigenvalue weighted by Crippen LogP contribution is -2.22. The van der Waals surface area contributed by atoms with Crippen LogP contribution >= 0.6 is 12.2 Å². The molecule has 0 amide bonds. The van der Waals surface area contributed by atoms with E-state index in [1.54, 1.807) is 4.57 Å². The molecule has 1 aromatic carbocycles. The number of hydrogen-bond acceptors (Lipinski definition) is 3. The molecule has 1 heterocycles. The molecular weight excluding hydrogens is 258 g/mol. The van der Waals surface area contributed by atoms with Crippen LogP contribution in [0.4, 0.5) is 0 Å². The number of benzene rings is 1. The number of H-pyrrole nitrogens is 1. The van der Waals surface area contributed by atoms with Gasteiger partial charge < -0.3 is 10.3 Å². The zero-order valence-corrected chi connectivity index (χ0v) is 11.9. The van der Waals surface area contributed by atoms with Crippen molar-refractivity contribution in [1.29, 1.82) is 0 Å². The molecule has 0 saturated heterocycles. The molecule has 0 aliphatic carbocycles. The Kier molecular flexibility index (Phi) is 4.87. The molecular formula is C14H19N3OS. The van der Waals surface area contributed by atoms with Crippen LogP contribution in [0.15, 0.2) is 29.1 Å². The Labute approximate surface area is 117 Å². The highest BCUT2D eigenvalue weighted by molar-refractivity contribution is 7.71. The van der Waals surface area contributed by atoms with E-state index in [0.29, 0.717) is 16.7 Å². The number of para-hydroxylation sites is 1. The van der Waals surface area contributed by atoms with Crippen molar-refractivity contribution in [3.05, 3.63) is 39.4 Å². The summed E-state index contributed by atoms with van der Waals surface area (Å²) in [5.74, 6) is 0. The summed E-state index contributed by atoms with van der Waals surface area (Å²) in [6.45, 7) is 1.70. The van der Waals surface area contributed by atoms with Crippen LogP contribution in [-0.2, 0) is 6.54 Å². The molecule has 0 fully saturated rings. The van der Waals surface area contributed by atoms with E-state index in [1.165, 1.54) is 0 Å². The minimum atomic E-state index is 0.00738. The molecule has 2 rings (SSSR count). The van der Waals surface area contributed by atoms with Crippen LogP contribution < -0.4 is 10.9 Å². The van der Waals surface area contributed by atoms with Crippen LogP contribution in [0, 0.1) is 4.77 Å². The maximum absolute atomic E-state index is 12.3. The Balaban J connectivity index is 2.19. The summed E-state index contributed by atoms with van der Waals surface area (Å²) in [6, 6.07) is 7.48. The first-order valence-corrected chi connectivity index (χ1v) is 7.01. The molecule has 0 spiro atoms. The minimum Gasteiger partial charge on any atom is -0.332 e. The lowest BCUT2D eigenvalue weighted by Gasteiger charge is -2.07. The summed E-state index contributed by atoms with van der Waals surface area (Å²) in [7, 11) is 1.95. The van der Waals surface area contributed by atoms with E-state index >= 15 is 0 Å². The maximum Gasteiger partial charge on any atom is 0.262 e. The number of rotatable bonds is 6. The van der Waals surface area contributed by atoms with Gasteiger partial charge in [0.2, 0.25) is 0 Å². The number of aromatic nitrogens is 2. The van der Waals surface area contributed by atoms with Gasteiger partial charge in [0.05, 0.1) is 10.9 Å². The summed E-state index contributed by atoms with van der Waals surface area (Å²) >= 11 is 5.26. The number of nitrogens with zero attached hydrogens (tertiary/aromatic N) is 1. The fourth-order valence-electron chi connectivity index (χ4n) is 2.15. The molecule has 0 radical (unpaired) electrons. The van der Waals surface area contributed by atoms with Crippen LogP contribution in [0.3, 0.4) is 0 Å². The minimum absolute atomic E-state index is 0.00738. The van der Waals surface area contributed by atoms with Crippen LogP contribution in [0.5, 0.6) is 0 Å². The van der Waals surface area contributed by atoms with Crippen LogP contribution in [0.2, 0.25) is 0 Å². The fraction of sp³-hybridized carbons (Fsp3) is 0.429. The lowest BCUT2D eigenvalue weighted by atomic mass is 10.2. The number of unbranched alkanes of at least 4 members (excludes halogenated alkanes) is 2. The molecule has 0 saturated carbocycles. The summed E-state index contributed by atoms with van der Waals surface area (Å²) in [6.07, 6.45) is 3.18. The molecule has 1 aromatic heterocycles. The smallest absolute Gasteiger partial charge is 0.262 e. The molecule has 4 nitrogen and oxygen atoms in total. The second-order valence-corrected chi connectivity index (χ2v) is 4.98. The number of nitrogens with one attached hydrogen (secondary N) is 2. The van der Waals surface area contributed by atoms with Gasteiger partial charge in [-0.1, -0.05) is 18.6 Å². The van der Waals surface area contributed by atoms with Crippen molar-refractivity contribution >= 4 is 23.1 Å². The molecule has 5 heteroatoms. The van der Waals surface area contributed by atoms with Gasteiger partial charge in [-0.05, 0) is 50.8 Å². The van der Waals surface area contributed by atoms with Gasteiger partial charge in [-0.15, -0.1) is 0 Å². The van der Waals surface area contributed by atoms with Gasteiger partial charge in [-0.2, -0.15) is 0 Å². The second-order valence-electron chi connectivity index (χ2n) is 4.60. The van der Waals surface area contributed by atoms with Crippen molar-refractivity contribution in [3.63, 3.8) is 0 Å². The molecule has 102 valence electrons. The zero-order chi connectivity index (χ0) is 13.7. The van der Waals surface area contributed by atoms with Crippen LogP contribution in [-0.4, -0.2) is 23.1 Å². The van der Waals surface area contributed by atoms with Gasteiger partial charge >= 0.3 is 0 Å². The van der Waals surface area contributed by atoms with Gasteiger partial charge in [0, 0.05) is 6.54 Å². The van der Waals surface area contributed by atoms with Crippen molar-refractivity contribution < 1.29 is 0 Å². The third kappa shape index (κ3) is 3.30. The Morgan fingerprint density at radius 1 is 1.26 bits per heavy atom. The van der Waals surface area contributed by atoms with Gasteiger partial charge in [-0.25, -0.2) is 0 Å². The van der Waals surface area contributed by atoms with Crippen molar-refractivity contribution in [2.24, 2.45) is 0 Å². The van der Waals surface area contributed by atoms with Crippen molar-refractivity contribution in [2.45, 2.75) is 25.8 Å². The van der Waals surface area contributed by atoms with E-state index in [2.05, 4.69) is 10.3 Å². The maximum atomic E-state index is 12.3. The molecule has 19 heavy (non-hydrogen) atoms. The van der Waals surface area contributed by atoms with Crippen molar-refractivity contribution in [2.75, 3.05) is 13.6 Å². The van der Waals surface area contributed by atoms with Gasteiger partial charge in [0.1, 0.15) is 0 Å². The van der Waals surface area contributed by atoms with Gasteiger partial charge in [0.25, 0.3) is 5.56 Å². The van der Waals surface area contributed by atoms with Crippen molar-refractivity contribution in [1.82, 2.24) is 14.9 Å². The van der Waals surface area contributed by atoms with E-state index < -0.39 is 0 Å². The summed E-state index contributed by atoms with van der Waals surface area (Å²) < 4.78 is 2.18. The van der Waals surface area contributed by atoms with E-state index in [4.69, 9.17) is 12.2 Å². The average molecular weight is 277 g/mol. The molecule has 0 unspecified atom stereocenters. The fourth-order valence-corrected chi connectivity index (χ4v) is 2.43. The van der Waals surface area contributed by atoms with E-state index in [1.807, 2.05) is 31.3 Å². The Morgan fingerprint density at radius 2 is 2.05 bits per heavy atom. The quantitative estimate of drug-likeness (QED) is 0.630. The predicted molar refractivity (Wildman–Crippen MR) is 81.2 cm³/mol. The molecule has 2 aromatic rings. The van der Waals surface area contributed by atoms with E-state index in [-0.39, 0.29) is 5.56 Å². The summed E-state index contributed by atoms with van der Waals surface area (Å²) in [5, 5.41) is 3.82. The number of aromatic amines is 1. The number of fused-ring (bicyclic) bond motifs is 1. The second kappa shape index (κ2) is 6.63. The SMILES string of the molecule is CNCCCCCn1c(=S)[nH]c2ccccc2c1=O. The average Bonchev–Trinajstić information content (AvgIpc) is 2.42. The number of hydrogen-bond donors (Lipinski definition) is 2. The highest BCUT2D eigenvalue weighted by Crippen LogP contribution is 2.06. The summed E-state index contributed by atoms with van der Waals surface area (Å²) in [4.78, 5) is 15.4. The van der Waals surface area contributed by atoms with E-state index in [0.717, 1.165) is 31.3 Å². The molecule has 0 aliphatic heterocycles. The van der Waals surface area contributed by atoms with Crippen LogP contribution in [0.25, 0.3) is 10.9 Å². The molecule has 0 atom stereocenters. The van der Waals surface area contributed by atoms with Gasteiger partial charge in [-0.3, -0.25) is 9.36 Å². The molecule has 0 bridgehead atoms. The molecule has 2 N–H and O–H groups in total. The Bertz CT molecular complexity index is 660. The third-order valence-corrected chi connectivity index (χ3v) is 3.52. The highest BCUT2D eigenvalue weighted by Gasteiger charge is 2.04. The zero-order valence-electron chi connectivity index (χ0n) is 11.1. The first-order valence-electron chi connectivity index (χ1n) is 6.60. The first kappa shape index (κ1) is 14.0. The normalized spacial score (nSPS) is 11.0. The Hall–Kier alpha value is -1.46. The van der Waals surface area contributed by atoms with E-state index in [9.17, 15) is 4.79 Å². The highest BCUT2D eigenvalue weighted by atomic mass is 32.1. The molecule has 0 aliphatic rings. The predicted octanol–water partition coefficient (Wildman–Crippen LogP) is 2.45. The van der Waals surface area contributed by atoms with Crippen LogP contribution in [0.1, 0.15) is 19.3 Å². The standard InChI is InChI=1S/C14H19N3OS/c1-15-9-5-2-6-10-17-13(18)11-7-3-4-8-12(11)16-14(17)19/h3-4,7-8,15H,2,5-6,9-10H2,1H3,(H,16,19). The van der Waals surface area contributed by atoms with Crippen molar-refractivity contribution in [3.8, 4) is 0 Å². The first-order chi connectivity index (χ1) is 9.24. The summed E-state index contributed by atoms with van der Waals surface area (Å²) in [5.41, 5.74) is 0.817. The monoisotopic (exact) mass is 277 g/mol. The Morgan fingerprint density at radius 3 is 2.84 bits per heavy atom. The largest absolute Gasteiger partial charge is 0.332 e. The lowest BCUT2D eigenvalue weighted by molar-refractivity contribution is 0.557. The van der Waals surface area contributed by atoms with Gasteiger partial charge in [0.15, 0.2) is 4.77 Å². The topological polar surface area (TPSA) is 49.8 Å². The third-order valence-electron chi connectivity index (χ3n) is 3.20.